The van der Waals surface area contributed by atoms with Crippen molar-refractivity contribution in [3.63, 3.8) is 0 Å². The molecule has 0 aromatic carbocycles. The van der Waals surface area contributed by atoms with Crippen LogP contribution in [0.2, 0.25) is 0 Å². The maximum absolute atomic E-state index is 5.41. The number of hydrogen-bond donors (Lipinski definition) is 2. The van der Waals surface area contributed by atoms with Crippen molar-refractivity contribution in [2.75, 3.05) is 0 Å². The second-order valence-corrected chi connectivity index (χ2v) is 4.25. The molecule has 0 rings (SSSR count). The third-order valence-electron chi connectivity index (χ3n) is 1.78. The first-order valence-electron chi connectivity index (χ1n) is 3.85. The Balaban J connectivity index is 4.07. The van der Waals surface area contributed by atoms with Crippen LogP contribution in [-0.2, 0) is 0 Å². The van der Waals surface area contributed by atoms with Crippen LogP contribution in [-0.4, -0.2) is 6.04 Å². The number of nitrogens with two attached hydrogens (primary N) is 1. The van der Waals surface area contributed by atoms with Gasteiger partial charge in [-0.15, -0.1) is 0 Å². The molecule has 0 amide bonds. The highest BCUT2D eigenvalue weighted by Crippen LogP contribution is 2.23. The molecule has 0 aliphatic heterocycles. The lowest BCUT2D eigenvalue weighted by Crippen LogP contribution is -2.47. The Kier molecular flexibility index (Phi) is 3.33. The van der Waals surface area contributed by atoms with E-state index >= 15 is 0 Å². The Labute approximate surface area is 64.2 Å². The molecule has 2 heteroatoms. The van der Waals surface area contributed by atoms with E-state index in [1.165, 1.54) is 0 Å². The summed E-state index contributed by atoms with van der Waals surface area (Å²) < 4.78 is 0. The van der Waals surface area contributed by atoms with Crippen molar-refractivity contribution in [1.29, 1.82) is 0 Å². The normalized spacial score (nSPS) is 15.9. The van der Waals surface area contributed by atoms with Crippen molar-refractivity contribution in [1.82, 2.24) is 5.43 Å². The number of hydrazine groups is 1. The van der Waals surface area contributed by atoms with E-state index in [4.69, 9.17) is 5.84 Å². The quantitative estimate of drug-likeness (QED) is 0.455. The third kappa shape index (κ3) is 2.67. The predicted molar refractivity (Wildman–Crippen MR) is 45.4 cm³/mol. The summed E-state index contributed by atoms with van der Waals surface area (Å²) >= 11 is 0. The van der Waals surface area contributed by atoms with Crippen LogP contribution in [0.5, 0.6) is 0 Å². The van der Waals surface area contributed by atoms with Crippen LogP contribution in [0, 0.1) is 11.3 Å². The van der Waals surface area contributed by atoms with E-state index in [1.54, 1.807) is 0 Å². The second kappa shape index (κ2) is 3.35. The molecule has 0 spiro atoms. The van der Waals surface area contributed by atoms with Gasteiger partial charge in [0.05, 0.1) is 0 Å². The van der Waals surface area contributed by atoms with Gasteiger partial charge < -0.3 is 0 Å². The van der Waals surface area contributed by atoms with Gasteiger partial charge in [-0.3, -0.25) is 11.3 Å². The van der Waals surface area contributed by atoms with Gasteiger partial charge >= 0.3 is 0 Å². The molecule has 1 atom stereocenters. The molecule has 0 aromatic rings. The zero-order chi connectivity index (χ0) is 8.36. The van der Waals surface area contributed by atoms with Gasteiger partial charge in [0, 0.05) is 6.04 Å². The third-order valence-corrected chi connectivity index (χ3v) is 1.78. The molecule has 0 aromatic heterocycles. The zero-order valence-electron chi connectivity index (χ0n) is 7.73. The summed E-state index contributed by atoms with van der Waals surface area (Å²) in [6, 6.07) is 0.396. The first kappa shape index (κ1) is 9.92. The molecule has 1 unspecified atom stereocenters. The fraction of sp³-hybridized carbons (Fsp3) is 1.00. The fourth-order valence-electron chi connectivity index (χ4n) is 1.44. The molecule has 0 saturated carbocycles. The molecule has 0 aliphatic carbocycles. The van der Waals surface area contributed by atoms with E-state index in [0.29, 0.717) is 12.0 Å². The number of rotatable bonds is 2. The van der Waals surface area contributed by atoms with Gasteiger partial charge in [-0.05, 0) is 11.3 Å². The lowest BCUT2D eigenvalue weighted by atomic mass is 9.81. The topological polar surface area (TPSA) is 38.0 Å². The minimum atomic E-state index is 0.253. The molecule has 0 saturated heterocycles. The monoisotopic (exact) mass is 144 g/mol. The summed E-state index contributed by atoms with van der Waals surface area (Å²) in [5, 5.41) is 0. The van der Waals surface area contributed by atoms with Gasteiger partial charge in [0.2, 0.25) is 0 Å². The smallest absolute Gasteiger partial charge is 0.0281 e. The molecule has 10 heavy (non-hydrogen) atoms. The van der Waals surface area contributed by atoms with Gasteiger partial charge in [-0.25, -0.2) is 0 Å². The van der Waals surface area contributed by atoms with E-state index in [2.05, 4.69) is 40.0 Å². The van der Waals surface area contributed by atoms with Crippen molar-refractivity contribution in [2.24, 2.45) is 17.2 Å². The lowest BCUT2D eigenvalue weighted by molar-refractivity contribution is 0.214. The molecule has 0 aliphatic rings. The summed E-state index contributed by atoms with van der Waals surface area (Å²) in [6.45, 7) is 10.9. The molecular weight excluding hydrogens is 124 g/mol. The summed E-state index contributed by atoms with van der Waals surface area (Å²) in [7, 11) is 0. The van der Waals surface area contributed by atoms with E-state index in [-0.39, 0.29) is 5.41 Å². The zero-order valence-corrected chi connectivity index (χ0v) is 7.73. The summed E-state index contributed by atoms with van der Waals surface area (Å²) in [6.07, 6.45) is 0. The summed E-state index contributed by atoms with van der Waals surface area (Å²) in [5.74, 6) is 6.00. The lowest BCUT2D eigenvalue weighted by Gasteiger charge is -2.33. The van der Waals surface area contributed by atoms with Crippen molar-refractivity contribution >= 4 is 0 Å². The Morgan fingerprint density at radius 3 is 1.60 bits per heavy atom. The number of nitrogens with one attached hydrogen (secondary N) is 1. The highest BCUT2D eigenvalue weighted by molar-refractivity contribution is 4.80. The maximum atomic E-state index is 5.41. The van der Waals surface area contributed by atoms with Crippen molar-refractivity contribution in [2.45, 2.75) is 40.7 Å². The maximum Gasteiger partial charge on any atom is 0.0281 e. The van der Waals surface area contributed by atoms with Crippen LogP contribution in [0.4, 0.5) is 0 Å². The molecule has 0 fully saturated rings. The van der Waals surface area contributed by atoms with Gasteiger partial charge in [-0.1, -0.05) is 34.6 Å². The summed E-state index contributed by atoms with van der Waals surface area (Å²) in [5.41, 5.74) is 3.09. The minimum Gasteiger partial charge on any atom is -0.271 e. The average Bonchev–Trinajstić information content (AvgIpc) is 1.60. The molecule has 2 nitrogen and oxygen atoms in total. The Hall–Kier alpha value is -0.0800. The van der Waals surface area contributed by atoms with E-state index in [0.717, 1.165) is 0 Å². The van der Waals surface area contributed by atoms with Crippen LogP contribution >= 0.6 is 0 Å². The Morgan fingerprint density at radius 2 is 1.60 bits per heavy atom. The van der Waals surface area contributed by atoms with Crippen molar-refractivity contribution in [3.05, 3.63) is 0 Å². The highest BCUT2D eigenvalue weighted by atomic mass is 15.2. The van der Waals surface area contributed by atoms with E-state index in [9.17, 15) is 0 Å². The van der Waals surface area contributed by atoms with Crippen LogP contribution < -0.4 is 11.3 Å². The largest absolute Gasteiger partial charge is 0.271 e. The van der Waals surface area contributed by atoms with Crippen molar-refractivity contribution in [3.8, 4) is 0 Å². The Bertz CT molecular complexity index is 91.9. The first-order chi connectivity index (χ1) is 4.39. The van der Waals surface area contributed by atoms with Crippen molar-refractivity contribution < 1.29 is 0 Å². The molecule has 62 valence electrons. The minimum absolute atomic E-state index is 0.253. The first-order valence-corrected chi connectivity index (χ1v) is 3.85. The van der Waals surface area contributed by atoms with Crippen LogP contribution in [0.25, 0.3) is 0 Å². The van der Waals surface area contributed by atoms with Gasteiger partial charge in [0.25, 0.3) is 0 Å². The SMILES string of the molecule is CC(C)C(NN)C(C)(C)C. The van der Waals surface area contributed by atoms with Crippen LogP contribution in [0.3, 0.4) is 0 Å². The van der Waals surface area contributed by atoms with E-state index in [1.807, 2.05) is 0 Å². The second-order valence-electron chi connectivity index (χ2n) is 4.25. The average molecular weight is 144 g/mol. The predicted octanol–water partition coefficient (Wildman–Crippen LogP) is 1.52. The molecular formula is C8H20N2. The molecule has 0 bridgehead atoms. The molecule has 0 heterocycles. The van der Waals surface area contributed by atoms with Crippen LogP contribution in [0.1, 0.15) is 34.6 Å². The number of hydrogen-bond acceptors (Lipinski definition) is 2. The fourth-order valence-corrected chi connectivity index (χ4v) is 1.44. The van der Waals surface area contributed by atoms with Gasteiger partial charge in [0.15, 0.2) is 0 Å². The highest BCUT2D eigenvalue weighted by Gasteiger charge is 2.25. The summed E-state index contributed by atoms with van der Waals surface area (Å²) in [4.78, 5) is 0. The van der Waals surface area contributed by atoms with Gasteiger partial charge in [0.1, 0.15) is 0 Å². The standard InChI is InChI=1S/C8H20N2/c1-6(2)7(10-9)8(3,4)5/h6-7,10H,9H2,1-5H3. The molecule has 3 N–H and O–H groups in total. The van der Waals surface area contributed by atoms with Gasteiger partial charge in [-0.2, -0.15) is 0 Å². The van der Waals surface area contributed by atoms with E-state index < -0.39 is 0 Å². The molecule has 0 radical (unpaired) electrons. The Morgan fingerprint density at radius 1 is 1.20 bits per heavy atom. The van der Waals surface area contributed by atoms with Crippen LogP contribution in [0.15, 0.2) is 0 Å².